The molecule has 0 spiro atoms. The molecule has 1 atom stereocenters. The third kappa shape index (κ3) is 3.34. The second-order valence-electron chi connectivity index (χ2n) is 5.22. The summed E-state index contributed by atoms with van der Waals surface area (Å²) in [6.07, 6.45) is 5.17. The number of fused-ring (bicyclic) bond motifs is 1. The standard InChI is InChI=1S/C13H16BrN3O2S/c1-13(2,3)20(18)15-6-9-7-17-8-10(19-4)5-11(14)12(17)16-9/h5-8H,1-4H3/b15-6+. The zero-order valence-electron chi connectivity index (χ0n) is 11.8. The summed E-state index contributed by atoms with van der Waals surface area (Å²) < 4.78 is 23.4. The number of ether oxygens (including phenoxy) is 1. The maximum absolute atomic E-state index is 11.9. The molecular weight excluding hydrogens is 342 g/mol. The van der Waals surface area contributed by atoms with Crippen LogP contribution in [0.5, 0.6) is 5.75 Å². The first-order valence-electron chi connectivity index (χ1n) is 5.99. The number of hydrogen-bond acceptors (Lipinski definition) is 4. The maximum Gasteiger partial charge on any atom is 0.152 e. The highest BCUT2D eigenvalue weighted by atomic mass is 79.9. The van der Waals surface area contributed by atoms with Crippen molar-refractivity contribution in [3.63, 3.8) is 0 Å². The smallest absolute Gasteiger partial charge is 0.152 e. The first-order chi connectivity index (χ1) is 9.31. The molecule has 2 aromatic heterocycles. The zero-order chi connectivity index (χ0) is 14.9. The van der Waals surface area contributed by atoms with Crippen LogP contribution in [0.15, 0.2) is 27.3 Å². The monoisotopic (exact) mass is 357 g/mol. The van der Waals surface area contributed by atoms with Crippen molar-refractivity contribution >= 4 is 39.2 Å². The molecule has 0 saturated carbocycles. The fourth-order valence-corrected chi connectivity index (χ4v) is 2.52. The molecule has 2 aromatic rings. The van der Waals surface area contributed by atoms with E-state index in [1.165, 1.54) is 6.21 Å². The number of halogens is 1. The molecule has 0 aliphatic heterocycles. The third-order valence-electron chi connectivity index (χ3n) is 2.54. The Bertz CT molecular complexity index is 649. The van der Waals surface area contributed by atoms with E-state index in [4.69, 9.17) is 4.74 Å². The van der Waals surface area contributed by atoms with Crippen molar-refractivity contribution in [2.24, 2.45) is 4.40 Å². The van der Waals surface area contributed by atoms with Crippen LogP contribution in [0.1, 0.15) is 26.5 Å². The number of rotatable bonds is 3. The number of hydrogen-bond donors (Lipinski definition) is 0. The summed E-state index contributed by atoms with van der Waals surface area (Å²) in [6, 6.07) is 1.84. The summed E-state index contributed by atoms with van der Waals surface area (Å²) in [4.78, 5) is 4.42. The van der Waals surface area contributed by atoms with Gasteiger partial charge in [-0.05, 0) is 42.8 Å². The molecule has 108 valence electrons. The number of pyridine rings is 1. The van der Waals surface area contributed by atoms with Crippen LogP contribution in [0.2, 0.25) is 0 Å². The molecule has 0 aliphatic rings. The predicted octanol–water partition coefficient (Wildman–Crippen LogP) is 2.99. The molecule has 0 amide bonds. The number of imidazole rings is 1. The number of nitrogens with zero attached hydrogens (tertiary/aromatic N) is 3. The molecule has 0 radical (unpaired) electrons. The van der Waals surface area contributed by atoms with Gasteiger partial charge in [0.05, 0.1) is 17.8 Å². The Hall–Kier alpha value is -1.05. The van der Waals surface area contributed by atoms with Gasteiger partial charge in [-0.1, -0.05) is 4.40 Å². The van der Waals surface area contributed by atoms with E-state index in [0.717, 1.165) is 15.9 Å². The summed E-state index contributed by atoms with van der Waals surface area (Å²) >= 11 is 2.16. The lowest BCUT2D eigenvalue weighted by molar-refractivity contribution is 0.412. The highest BCUT2D eigenvalue weighted by Gasteiger charge is 2.25. The summed E-state index contributed by atoms with van der Waals surface area (Å²) in [5, 5.41) is 0. The fourth-order valence-electron chi connectivity index (χ4n) is 1.49. The van der Waals surface area contributed by atoms with Gasteiger partial charge in [-0.3, -0.25) is 0 Å². The van der Waals surface area contributed by atoms with Gasteiger partial charge in [0, 0.05) is 6.20 Å². The Kier molecular flexibility index (Phi) is 4.41. The van der Waals surface area contributed by atoms with Crippen LogP contribution in [-0.4, -0.2) is 32.0 Å². The van der Waals surface area contributed by atoms with Crippen molar-refractivity contribution in [2.75, 3.05) is 7.11 Å². The molecule has 0 saturated heterocycles. The molecule has 0 aromatic carbocycles. The van der Waals surface area contributed by atoms with Crippen LogP contribution in [0.3, 0.4) is 0 Å². The second-order valence-corrected chi connectivity index (χ2v) is 8.01. The Morgan fingerprint density at radius 2 is 2.15 bits per heavy atom. The Balaban J connectivity index is 2.33. The van der Waals surface area contributed by atoms with Gasteiger partial charge in [0.25, 0.3) is 0 Å². The normalized spacial score (nSPS) is 14.1. The van der Waals surface area contributed by atoms with E-state index < -0.39 is 11.4 Å². The lowest BCUT2D eigenvalue weighted by atomic mass is 10.3. The largest absolute Gasteiger partial charge is 0.591 e. The van der Waals surface area contributed by atoms with Crippen molar-refractivity contribution in [1.29, 1.82) is 0 Å². The maximum atomic E-state index is 11.9. The fraction of sp³-hybridized carbons (Fsp3) is 0.385. The molecule has 5 nitrogen and oxygen atoms in total. The van der Waals surface area contributed by atoms with E-state index in [2.05, 4.69) is 25.3 Å². The molecule has 2 rings (SSSR count). The average Bonchev–Trinajstić information content (AvgIpc) is 2.78. The molecule has 20 heavy (non-hydrogen) atoms. The first-order valence-corrected chi connectivity index (χ1v) is 7.89. The van der Waals surface area contributed by atoms with Crippen LogP contribution >= 0.6 is 15.9 Å². The first kappa shape index (κ1) is 15.3. The second kappa shape index (κ2) is 5.75. The Labute approximate surface area is 129 Å². The minimum absolute atomic E-state index is 0.376. The summed E-state index contributed by atoms with van der Waals surface area (Å²) in [5.74, 6) is 0.725. The third-order valence-corrected chi connectivity index (χ3v) is 4.47. The molecule has 0 aliphatic carbocycles. The number of methoxy groups -OCH3 is 1. The lowest BCUT2D eigenvalue weighted by Gasteiger charge is -2.17. The van der Waals surface area contributed by atoms with Crippen LogP contribution in [-0.2, 0) is 11.4 Å². The quantitative estimate of drug-likeness (QED) is 0.626. The predicted molar refractivity (Wildman–Crippen MR) is 84.9 cm³/mol. The molecule has 0 N–H and O–H groups in total. The van der Waals surface area contributed by atoms with E-state index in [0.29, 0.717) is 5.69 Å². The van der Waals surface area contributed by atoms with Gasteiger partial charge in [-0.15, -0.1) is 0 Å². The van der Waals surface area contributed by atoms with E-state index in [1.54, 1.807) is 7.11 Å². The van der Waals surface area contributed by atoms with E-state index in [9.17, 15) is 4.55 Å². The Morgan fingerprint density at radius 3 is 2.75 bits per heavy atom. The van der Waals surface area contributed by atoms with Gasteiger partial charge in [-0.2, -0.15) is 0 Å². The van der Waals surface area contributed by atoms with E-state index >= 15 is 0 Å². The zero-order valence-corrected chi connectivity index (χ0v) is 14.2. The van der Waals surface area contributed by atoms with Crippen LogP contribution in [0.4, 0.5) is 0 Å². The summed E-state index contributed by atoms with van der Waals surface area (Å²) in [5.41, 5.74) is 1.41. The molecule has 1 unspecified atom stereocenters. The van der Waals surface area contributed by atoms with Crippen molar-refractivity contribution in [1.82, 2.24) is 9.38 Å². The van der Waals surface area contributed by atoms with E-state index in [-0.39, 0.29) is 4.75 Å². The molecule has 7 heteroatoms. The minimum atomic E-state index is -1.29. The van der Waals surface area contributed by atoms with Gasteiger partial charge >= 0.3 is 0 Å². The van der Waals surface area contributed by atoms with Crippen molar-refractivity contribution in [3.8, 4) is 5.75 Å². The molecule has 0 bridgehead atoms. The van der Waals surface area contributed by atoms with E-state index in [1.807, 2.05) is 43.6 Å². The van der Waals surface area contributed by atoms with Crippen molar-refractivity contribution in [2.45, 2.75) is 25.5 Å². The van der Waals surface area contributed by atoms with Gasteiger partial charge in [0.2, 0.25) is 0 Å². The van der Waals surface area contributed by atoms with Crippen molar-refractivity contribution in [3.05, 3.63) is 28.6 Å². The SMILES string of the molecule is COc1cc(Br)c2nc(/C=N/[S+]([O-])C(C)(C)C)cn2c1. The highest BCUT2D eigenvalue weighted by Crippen LogP contribution is 2.23. The molecule has 0 fully saturated rings. The lowest BCUT2D eigenvalue weighted by Crippen LogP contribution is -2.25. The van der Waals surface area contributed by atoms with Gasteiger partial charge in [0.15, 0.2) is 5.65 Å². The van der Waals surface area contributed by atoms with Gasteiger partial charge < -0.3 is 13.7 Å². The molecule has 2 heterocycles. The molecular formula is C13H16BrN3O2S. The van der Waals surface area contributed by atoms with Crippen LogP contribution in [0.25, 0.3) is 5.65 Å². The number of aromatic nitrogens is 2. The Morgan fingerprint density at radius 1 is 1.45 bits per heavy atom. The minimum Gasteiger partial charge on any atom is -0.591 e. The average molecular weight is 358 g/mol. The van der Waals surface area contributed by atoms with Crippen LogP contribution < -0.4 is 4.74 Å². The topological polar surface area (TPSA) is 62.0 Å². The summed E-state index contributed by atoms with van der Waals surface area (Å²) in [6.45, 7) is 5.64. The highest BCUT2D eigenvalue weighted by molar-refractivity contribution is 9.10. The van der Waals surface area contributed by atoms with Gasteiger partial charge in [0.1, 0.15) is 33.8 Å². The summed E-state index contributed by atoms with van der Waals surface area (Å²) in [7, 11) is 1.61. The van der Waals surface area contributed by atoms with Crippen LogP contribution in [0, 0.1) is 0 Å². The van der Waals surface area contributed by atoms with Gasteiger partial charge in [-0.25, -0.2) is 4.98 Å². The van der Waals surface area contributed by atoms with Crippen molar-refractivity contribution < 1.29 is 9.29 Å².